The molecule has 2 N–H and O–H groups in total. The topological polar surface area (TPSA) is 124 Å². The van der Waals surface area contributed by atoms with Crippen molar-refractivity contribution in [1.82, 2.24) is 0 Å². The minimum Gasteiger partial charge on any atom is -0.495 e. The fourth-order valence-electron chi connectivity index (χ4n) is 3.80. The van der Waals surface area contributed by atoms with Crippen LogP contribution in [0.1, 0.15) is 10.4 Å². The van der Waals surface area contributed by atoms with E-state index in [9.17, 15) is 18.0 Å². The highest BCUT2D eigenvalue weighted by molar-refractivity contribution is 9.11. The fourth-order valence-corrected chi connectivity index (χ4v) is 6.89. The first-order valence-electron chi connectivity index (χ1n) is 11.1. The number of hydrogen-bond donors (Lipinski definition) is 2. The van der Waals surface area contributed by atoms with Crippen LogP contribution in [0.5, 0.6) is 5.75 Å². The third-order valence-electron chi connectivity index (χ3n) is 5.51. The van der Waals surface area contributed by atoms with Gasteiger partial charge in [-0.2, -0.15) is 0 Å². The molecule has 1 amide bonds. The molecule has 0 radical (unpaired) electrons. The molecule has 9 nitrogen and oxygen atoms in total. The molecule has 0 atom stereocenters. The molecule has 0 aliphatic rings. The molecule has 3 aromatic carbocycles. The van der Waals surface area contributed by atoms with E-state index in [1.165, 1.54) is 25.3 Å². The molecule has 38 heavy (non-hydrogen) atoms. The van der Waals surface area contributed by atoms with Crippen molar-refractivity contribution in [2.45, 2.75) is 4.21 Å². The maximum atomic E-state index is 12.8. The van der Waals surface area contributed by atoms with Gasteiger partial charge >= 0.3 is 5.97 Å². The van der Waals surface area contributed by atoms with Gasteiger partial charge in [-0.05, 0) is 52.3 Å². The van der Waals surface area contributed by atoms with Gasteiger partial charge in [-0.25, -0.2) is 13.2 Å². The summed E-state index contributed by atoms with van der Waals surface area (Å²) in [6.07, 6.45) is 0. The van der Waals surface area contributed by atoms with E-state index < -0.39 is 28.5 Å². The van der Waals surface area contributed by atoms with Gasteiger partial charge in [0.2, 0.25) is 0 Å². The molecule has 0 aliphatic heterocycles. The Kier molecular flexibility index (Phi) is 7.11. The second-order valence-corrected chi connectivity index (χ2v) is 12.4. The summed E-state index contributed by atoms with van der Waals surface area (Å²) >= 11 is 4.26. The van der Waals surface area contributed by atoms with Crippen LogP contribution < -0.4 is 14.8 Å². The molecule has 0 saturated heterocycles. The number of hydrogen-bond acceptors (Lipinski definition) is 8. The monoisotopic (exact) mass is 614 g/mol. The average molecular weight is 615 g/mol. The molecule has 5 rings (SSSR count). The number of nitrogens with one attached hydrogen (secondary N) is 2. The van der Waals surface area contributed by atoms with Gasteiger partial charge in [0.05, 0.1) is 27.8 Å². The Bertz CT molecular complexity index is 1790. The number of fused-ring (bicyclic) bond motifs is 3. The number of thiophene rings is 1. The third kappa shape index (κ3) is 5.23. The van der Waals surface area contributed by atoms with Crippen LogP contribution in [-0.2, 0) is 19.6 Å². The van der Waals surface area contributed by atoms with Gasteiger partial charge in [-0.1, -0.05) is 30.3 Å². The summed E-state index contributed by atoms with van der Waals surface area (Å²) in [4.78, 5) is 25.4. The SMILES string of the molecule is COc1cc2c(cc1NC(=O)COC(=O)c1ccccc1NS(=O)(=O)c1ccc(Br)s1)oc1ccccc12. The Balaban J connectivity index is 1.29. The predicted molar refractivity (Wildman–Crippen MR) is 148 cm³/mol. The number of carbonyl (C=O) groups excluding carboxylic acids is 2. The number of amides is 1. The van der Waals surface area contributed by atoms with Crippen molar-refractivity contribution < 1.29 is 31.9 Å². The van der Waals surface area contributed by atoms with Crippen LogP contribution in [0.3, 0.4) is 0 Å². The number of halogens is 1. The summed E-state index contributed by atoms with van der Waals surface area (Å²) in [6.45, 7) is -0.612. The van der Waals surface area contributed by atoms with Gasteiger partial charge in [0.1, 0.15) is 21.1 Å². The Hall–Kier alpha value is -3.87. The van der Waals surface area contributed by atoms with Crippen molar-refractivity contribution >= 4 is 82.5 Å². The van der Waals surface area contributed by atoms with Crippen molar-refractivity contribution in [2.24, 2.45) is 0 Å². The number of anilines is 2. The van der Waals surface area contributed by atoms with E-state index in [0.717, 1.165) is 22.1 Å². The van der Waals surface area contributed by atoms with E-state index in [0.29, 0.717) is 26.4 Å². The Morgan fingerprint density at radius 3 is 2.47 bits per heavy atom. The van der Waals surface area contributed by atoms with Crippen molar-refractivity contribution in [1.29, 1.82) is 0 Å². The summed E-state index contributed by atoms with van der Waals surface area (Å²) in [7, 11) is -2.45. The summed E-state index contributed by atoms with van der Waals surface area (Å²) in [5.41, 5.74) is 1.58. The first-order valence-corrected chi connectivity index (χ1v) is 14.2. The Labute approximate surface area is 229 Å². The molecule has 0 aliphatic carbocycles. The zero-order valence-electron chi connectivity index (χ0n) is 19.7. The average Bonchev–Trinajstić information content (AvgIpc) is 3.50. The van der Waals surface area contributed by atoms with Gasteiger partial charge in [0.15, 0.2) is 6.61 Å². The highest BCUT2D eigenvalue weighted by Crippen LogP contribution is 2.36. The second kappa shape index (κ2) is 10.5. The number of ether oxygens (including phenoxy) is 2. The van der Waals surface area contributed by atoms with Crippen LogP contribution in [-0.4, -0.2) is 34.0 Å². The molecule has 0 saturated carbocycles. The molecule has 12 heteroatoms. The van der Waals surface area contributed by atoms with Crippen LogP contribution in [0, 0.1) is 0 Å². The molecule has 5 aromatic rings. The maximum Gasteiger partial charge on any atom is 0.340 e. The van der Waals surface area contributed by atoms with E-state index in [1.54, 1.807) is 30.3 Å². The molecular weight excluding hydrogens is 596 g/mol. The maximum absolute atomic E-state index is 12.8. The van der Waals surface area contributed by atoms with Crippen LogP contribution in [0.2, 0.25) is 0 Å². The number of sulfonamides is 1. The van der Waals surface area contributed by atoms with Gasteiger partial charge in [-0.3, -0.25) is 9.52 Å². The fraction of sp³-hybridized carbons (Fsp3) is 0.0769. The Morgan fingerprint density at radius 2 is 1.71 bits per heavy atom. The second-order valence-electron chi connectivity index (χ2n) is 7.98. The first kappa shape index (κ1) is 25.8. The molecule has 0 bridgehead atoms. The highest BCUT2D eigenvalue weighted by atomic mass is 79.9. The zero-order valence-corrected chi connectivity index (χ0v) is 22.9. The van der Waals surface area contributed by atoms with E-state index >= 15 is 0 Å². The van der Waals surface area contributed by atoms with Gasteiger partial charge in [-0.15, -0.1) is 11.3 Å². The lowest BCUT2D eigenvalue weighted by Crippen LogP contribution is -2.22. The van der Waals surface area contributed by atoms with E-state index in [4.69, 9.17) is 13.9 Å². The van der Waals surface area contributed by atoms with Crippen molar-refractivity contribution in [3.8, 4) is 5.75 Å². The molecule has 2 aromatic heterocycles. The van der Waals surface area contributed by atoms with Crippen molar-refractivity contribution in [3.05, 3.63) is 82.1 Å². The highest BCUT2D eigenvalue weighted by Gasteiger charge is 2.22. The molecule has 0 spiro atoms. The molecule has 0 unspecified atom stereocenters. The number of methoxy groups -OCH3 is 1. The summed E-state index contributed by atoms with van der Waals surface area (Å²) in [5, 5.41) is 4.41. The van der Waals surface area contributed by atoms with Crippen LogP contribution in [0.4, 0.5) is 11.4 Å². The largest absolute Gasteiger partial charge is 0.495 e. The summed E-state index contributed by atoms with van der Waals surface area (Å²) in [6, 6.07) is 20.0. The number of rotatable bonds is 8. The molecule has 0 fully saturated rings. The summed E-state index contributed by atoms with van der Waals surface area (Å²) in [5.74, 6) is -1.08. The Morgan fingerprint density at radius 1 is 0.947 bits per heavy atom. The normalized spacial score (nSPS) is 11.4. The number of benzene rings is 3. The lowest BCUT2D eigenvalue weighted by atomic mass is 10.1. The van der Waals surface area contributed by atoms with Gasteiger partial charge < -0.3 is 19.2 Å². The lowest BCUT2D eigenvalue weighted by molar-refractivity contribution is -0.119. The smallest absolute Gasteiger partial charge is 0.340 e. The lowest BCUT2D eigenvalue weighted by Gasteiger charge is -2.12. The predicted octanol–water partition coefficient (Wildman–Crippen LogP) is 6.01. The molecule has 2 heterocycles. The van der Waals surface area contributed by atoms with E-state index in [-0.39, 0.29) is 15.5 Å². The minimum atomic E-state index is -3.93. The van der Waals surface area contributed by atoms with Crippen LogP contribution in [0.15, 0.2) is 85.2 Å². The van der Waals surface area contributed by atoms with Gasteiger partial charge in [0, 0.05) is 16.8 Å². The first-order chi connectivity index (χ1) is 18.2. The number of carbonyl (C=O) groups is 2. The number of furan rings is 1. The molecule has 194 valence electrons. The summed E-state index contributed by atoms with van der Waals surface area (Å²) < 4.78 is 45.0. The quantitative estimate of drug-likeness (QED) is 0.205. The van der Waals surface area contributed by atoms with E-state index in [1.807, 2.05) is 24.3 Å². The van der Waals surface area contributed by atoms with Gasteiger partial charge in [0.25, 0.3) is 15.9 Å². The number of esters is 1. The third-order valence-corrected chi connectivity index (χ3v) is 8.99. The standard InChI is InChI=1S/C26H19BrN2O7S2/c1-34-22-12-17-15-6-3-5-9-20(15)36-21(17)13-19(22)28-24(30)14-35-26(31)16-7-2-4-8-18(16)29-38(32,33)25-11-10-23(27)37-25/h2-13,29H,14H2,1H3,(H,28,30). The van der Waals surface area contributed by atoms with Crippen LogP contribution >= 0.6 is 27.3 Å². The zero-order chi connectivity index (χ0) is 26.9. The van der Waals surface area contributed by atoms with Crippen molar-refractivity contribution in [2.75, 3.05) is 23.8 Å². The van der Waals surface area contributed by atoms with Crippen molar-refractivity contribution in [3.63, 3.8) is 0 Å². The molecular formula is C26H19BrN2O7S2. The van der Waals surface area contributed by atoms with Crippen LogP contribution in [0.25, 0.3) is 21.9 Å². The van der Waals surface area contributed by atoms with E-state index in [2.05, 4.69) is 26.0 Å². The minimum absolute atomic E-state index is 0.0273. The number of para-hydroxylation sites is 2.